The lowest BCUT2D eigenvalue weighted by Crippen LogP contribution is -1.99. The van der Waals surface area contributed by atoms with Gasteiger partial charge in [-0.05, 0) is 43.0 Å². The van der Waals surface area contributed by atoms with Crippen LogP contribution in [-0.4, -0.2) is 10.3 Å². The summed E-state index contributed by atoms with van der Waals surface area (Å²) in [6, 6.07) is 3.77. The largest absolute Gasteiger partial charge is 0.278 e. The molecule has 86 valence electrons. The highest BCUT2D eigenvalue weighted by Crippen LogP contribution is 2.20. The van der Waals surface area contributed by atoms with Crippen LogP contribution in [0.4, 0.5) is 0 Å². The molecule has 0 bridgehead atoms. The molecule has 0 fully saturated rings. The number of hydrogen-bond acceptors (Lipinski definition) is 4. The van der Waals surface area contributed by atoms with Gasteiger partial charge in [0.1, 0.15) is 0 Å². The van der Waals surface area contributed by atoms with Crippen molar-refractivity contribution in [2.24, 2.45) is 5.16 Å². The molecule has 0 aromatic heterocycles. The van der Waals surface area contributed by atoms with Crippen molar-refractivity contribution in [1.82, 2.24) is 0 Å². The van der Waals surface area contributed by atoms with E-state index in [4.69, 9.17) is 0 Å². The molecule has 0 N–H and O–H groups in total. The lowest BCUT2D eigenvalue weighted by atomic mass is 10.0. The van der Waals surface area contributed by atoms with Gasteiger partial charge in [0, 0.05) is 5.16 Å². The van der Waals surface area contributed by atoms with Crippen molar-refractivity contribution in [2.45, 2.75) is 32.1 Å². The zero-order valence-corrected chi connectivity index (χ0v) is 10.3. The molecule has 0 heterocycles. The smallest absolute Gasteiger partial charge is 0.275 e. The Bertz CT molecular complexity index is 465. The van der Waals surface area contributed by atoms with Crippen LogP contribution >= 0.6 is 0 Å². The zero-order valence-electron chi connectivity index (χ0n) is 9.44. The Kier molecular flexibility index (Phi) is 4.40. The second-order valence-corrected chi connectivity index (χ2v) is 4.45. The van der Waals surface area contributed by atoms with E-state index in [0.717, 1.165) is 23.1 Å². The molecule has 0 spiro atoms. The van der Waals surface area contributed by atoms with Gasteiger partial charge in [-0.2, -0.15) is 0 Å². The molecule has 1 aromatic carbocycles. The topological polar surface area (TPSA) is 55.7 Å². The number of aryl methyl sites for hydroxylation is 3. The van der Waals surface area contributed by atoms with E-state index in [1.54, 1.807) is 0 Å². The van der Waals surface area contributed by atoms with Crippen LogP contribution in [0, 0.1) is 13.8 Å². The van der Waals surface area contributed by atoms with E-state index in [2.05, 4.69) is 9.44 Å². The monoisotopic (exact) mass is 239 g/mol. The third-order valence-electron chi connectivity index (χ3n) is 2.34. The van der Waals surface area contributed by atoms with Crippen molar-refractivity contribution in [3.8, 4) is 0 Å². The summed E-state index contributed by atoms with van der Waals surface area (Å²) < 4.78 is 16.1. The first-order valence-electron chi connectivity index (χ1n) is 4.86. The maximum atomic E-state index is 11.6. The number of isocyanates is 1. The zero-order chi connectivity index (χ0) is 12.1. The number of rotatable bonds is 4. The van der Waals surface area contributed by atoms with Crippen LogP contribution in [0.2, 0.25) is 0 Å². The third-order valence-corrected chi connectivity index (χ3v) is 3.35. The van der Waals surface area contributed by atoms with Gasteiger partial charge in [0.2, 0.25) is 0 Å². The maximum absolute atomic E-state index is 11.6. The molecule has 0 aliphatic heterocycles. The van der Waals surface area contributed by atoms with Crippen LogP contribution < -0.4 is 0 Å². The summed E-state index contributed by atoms with van der Waals surface area (Å²) in [4.78, 5) is 10.4. The van der Waals surface area contributed by atoms with Gasteiger partial charge in [-0.3, -0.25) is 4.28 Å². The van der Waals surface area contributed by atoms with Gasteiger partial charge >= 0.3 is 0 Å². The van der Waals surface area contributed by atoms with Crippen molar-refractivity contribution in [1.29, 1.82) is 0 Å². The number of carbonyl (C=O) groups excluding carboxylic acids is 1. The summed E-state index contributed by atoms with van der Waals surface area (Å²) in [5.41, 5.74) is 3.11. The van der Waals surface area contributed by atoms with Gasteiger partial charge in [-0.25, -0.2) is 9.00 Å². The molecule has 0 saturated heterocycles. The molecule has 0 saturated carbocycles. The SMILES string of the molecule is CCc1cc(S(=O)ON=C=O)c(C)cc1C. The van der Waals surface area contributed by atoms with Gasteiger partial charge in [-0.15, -0.1) is 0 Å². The molecule has 1 atom stereocenters. The number of benzene rings is 1. The Labute approximate surface area is 97.0 Å². The second-order valence-electron chi connectivity index (χ2n) is 3.39. The summed E-state index contributed by atoms with van der Waals surface area (Å²) >= 11 is -1.74. The Morgan fingerprint density at radius 3 is 2.62 bits per heavy atom. The molecular formula is C11H13NO3S. The summed E-state index contributed by atoms with van der Waals surface area (Å²) in [5, 5.41) is 2.86. The van der Waals surface area contributed by atoms with Crippen LogP contribution in [-0.2, 0) is 26.6 Å². The molecule has 4 nitrogen and oxygen atoms in total. The van der Waals surface area contributed by atoms with Crippen molar-refractivity contribution < 1.29 is 13.3 Å². The van der Waals surface area contributed by atoms with Gasteiger partial charge in [0.25, 0.3) is 17.2 Å². The molecule has 0 aliphatic rings. The highest BCUT2D eigenvalue weighted by atomic mass is 32.2. The fourth-order valence-corrected chi connectivity index (χ4v) is 2.26. The predicted octanol–water partition coefficient (Wildman–Crippen LogP) is 2.16. The molecule has 16 heavy (non-hydrogen) atoms. The molecule has 0 aliphatic carbocycles. The summed E-state index contributed by atoms with van der Waals surface area (Å²) in [7, 11) is 0. The fraction of sp³-hybridized carbons (Fsp3) is 0.364. The second kappa shape index (κ2) is 5.58. The average Bonchev–Trinajstić information content (AvgIpc) is 2.26. The van der Waals surface area contributed by atoms with Crippen LogP contribution in [0.3, 0.4) is 0 Å². The first kappa shape index (κ1) is 12.6. The lowest BCUT2D eigenvalue weighted by Gasteiger charge is -2.08. The predicted molar refractivity (Wildman–Crippen MR) is 60.9 cm³/mol. The Morgan fingerprint density at radius 2 is 2.06 bits per heavy atom. The van der Waals surface area contributed by atoms with Crippen LogP contribution in [0.15, 0.2) is 22.2 Å². The lowest BCUT2D eigenvalue weighted by molar-refractivity contribution is 0.367. The number of nitrogens with zero attached hydrogens (tertiary/aromatic N) is 1. The normalized spacial score (nSPS) is 11.7. The van der Waals surface area contributed by atoms with Crippen molar-refractivity contribution in [2.75, 3.05) is 0 Å². The fourth-order valence-electron chi connectivity index (χ4n) is 1.52. The molecule has 1 rings (SSSR count). The molecule has 1 aromatic rings. The standard InChI is InChI=1S/C11H13NO3S/c1-4-10-6-11(9(3)5-8(10)2)16(14)15-12-7-13/h5-6H,4H2,1-3H3. The van der Waals surface area contributed by atoms with Gasteiger partial charge in [-0.1, -0.05) is 13.0 Å². The van der Waals surface area contributed by atoms with Gasteiger partial charge in [0.15, 0.2) is 0 Å². The first-order chi connectivity index (χ1) is 7.60. The molecule has 0 amide bonds. The van der Waals surface area contributed by atoms with Gasteiger partial charge in [0.05, 0.1) is 4.90 Å². The minimum absolute atomic E-state index is 0.543. The number of hydrogen-bond donors (Lipinski definition) is 0. The van der Waals surface area contributed by atoms with E-state index in [1.165, 1.54) is 6.08 Å². The van der Waals surface area contributed by atoms with Crippen LogP contribution in [0.1, 0.15) is 23.6 Å². The summed E-state index contributed by atoms with van der Waals surface area (Å²) in [6.45, 7) is 5.87. The van der Waals surface area contributed by atoms with Crippen LogP contribution in [0.5, 0.6) is 0 Å². The van der Waals surface area contributed by atoms with E-state index < -0.39 is 11.1 Å². The highest BCUT2D eigenvalue weighted by Gasteiger charge is 2.11. The Morgan fingerprint density at radius 1 is 1.38 bits per heavy atom. The average molecular weight is 239 g/mol. The maximum Gasteiger partial charge on any atom is 0.278 e. The van der Waals surface area contributed by atoms with E-state index in [1.807, 2.05) is 32.9 Å². The van der Waals surface area contributed by atoms with Crippen LogP contribution in [0.25, 0.3) is 0 Å². The molecular weight excluding hydrogens is 226 g/mol. The van der Waals surface area contributed by atoms with Crippen molar-refractivity contribution in [3.05, 3.63) is 28.8 Å². The Balaban J connectivity index is 3.12. The minimum Gasteiger partial charge on any atom is -0.275 e. The van der Waals surface area contributed by atoms with E-state index in [-0.39, 0.29) is 0 Å². The van der Waals surface area contributed by atoms with E-state index >= 15 is 0 Å². The van der Waals surface area contributed by atoms with E-state index in [9.17, 15) is 9.00 Å². The van der Waals surface area contributed by atoms with Gasteiger partial charge < -0.3 is 0 Å². The minimum atomic E-state index is -1.74. The summed E-state index contributed by atoms with van der Waals surface area (Å²) in [6.07, 6.45) is 2.04. The summed E-state index contributed by atoms with van der Waals surface area (Å²) in [5.74, 6) is 0. The van der Waals surface area contributed by atoms with E-state index in [0.29, 0.717) is 4.90 Å². The third kappa shape index (κ3) is 2.78. The quantitative estimate of drug-likeness (QED) is 0.459. The highest BCUT2D eigenvalue weighted by molar-refractivity contribution is 7.80. The molecule has 1 unspecified atom stereocenters. The Hall–Kier alpha value is -1.45. The molecule has 5 heteroatoms. The first-order valence-corrected chi connectivity index (χ1v) is 5.94. The van der Waals surface area contributed by atoms with Crippen molar-refractivity contribution >= 4 is 17.2 Å². The van der Waals surface area contributed by atoms with Crippen molar-refractivity contribution in [3.63, 3.8) is 0 Å². The molecule has 0 radical (unpaired) electrons.